The van der Waals surface area contributed by atoms with E-state index in [0.29, 0.717) is 0 Å². The summed E-state index contributed by atoms with van der Waals surface area (Å²) in [6.45, 7) is 2.33. The fourth-order valence-corrected chi connectivity index (χ4v) is 2.09. The first kappa shape index (κ1) is 15.8. The Labute approximate surface area is 119 Å². The molecule has 1 unspecified atom stereocenters. The fraction of sp³-hybridized carbons (Fsp3) is 0.300. The van der Waals surface area contributed by atoms with Gasteiger partial charge in [0.25, 0.3) is 10.1 Å². The van der Waals surface area contributed by atoms with Gasteiger partial charge in [0, 0.05) is 0 Å². The Balaban J connectivity index is 0. The van der Waals surface area contributed by atoms with E-state index in [9.17, 15) is 13.2 Å². The van der Waals surface area contributed by atoms with Crippen LogP contribution < -0.4 is 29.6 Å². The zero-order chi connectivity index (χ0) is 11.7. The second-order valence-electron chi connectivity index (χ2n) is 3.43. The Morgan fingerprint density at radius 2 is 1.75 bits per heavy atom. The van der Waals surface area contributed by atoms with Crippen molar-refractivity contribution in [1.82, 2.24) is 0 Å². The van der Waals surface area contributed by atoms with Crippen LogP contribution in [-0.4, -0.2) is 18.8 Å². The third kappa shape index (κ3) is 2.73. The molecule has 0 aliphatic heterocycles. The van der Waals surface area contributed by atoms with E-state index in [0.717, 1.165) is 6.92 Å². The largest absolute Gasteiger partial charge is 1.00 e. The molecule has 0 amide bonds. The average Bonchev–Trinajstić information content (AvgIpc) is 2.16. The van der Waals surface area contributed by atoms with E-state index in [4.69, 9.17) is 4.55 Å². The topological polar surface area (TPSA) is 71.4 Å². The molecule has 0 saturated heterocycles. The van der Waals surface area contributed by atoms with E-state index in [1.54, 1.807) is 18.2 Å². The Kier molecular flexibility index (Phi) is 5.35. The van der Waals surface area contributed by atoms with Crippen molar-refractivity contribution < 1.29 is 48.7 Å². The predicted octanol–water partition coefficient (Wildman–Crippen LogP) is -1.50. The number of ketones is 1. The minimum Gasteiger partial charge on any atom is -1.00 e. The first-order chi connectivity index (χ1) is 6.80. The summed E-state index contributed by atoms with van der Waals surface area (Å²) in [7, 11) is -4.47. The summed E-state index contributed by atoms with van der Waals surface area (Å²) < 4.78 is 29.7. The summed E-state index contributed by atoms with van der Waals surface area (Å²) in [5.41, 5.74) is 0.264. The van der Waals surface area contributed by atoms with Crippen LogP contribution in [0.25, 0.3) is 0 Å². The molecule has 0 aliphatic carbocycles. The van der Waals surface area contributed by atoms with Gasteiger partial charge in [-0.1, -0.05) is 30.3 Å². The molecule has 1 N–H and O–H groups in total. The van der Waals surface area contributed by atoms with Crippen LogP contribution in [0.2, 0.25) is 0 Å². The van der Waals surface area contributed by atoms with Gasteiger partial charge in [-0.2, -0.15) is 8.42 Å². The maximum absolute atomic E-state index is 11.4. The van der Waals surface area contributed by atoms with E-state index in [1.165, 1.54) is 19.1 Å². The second kappa shape index (κ2) is 5.42. The van der Waals surface area contributed by atoms with Crippen molar-refractivity contribution in [2.24, 2.45) is 0 Å². The van der Waals surface area contributed by atoms with E-state index >= 15 is 0 Å². The number of carbonyl (C=O) groups is 1. The number of hydrogen-bond donors (Lipinski definition) is 1. The fourth-order valence-electron chi connectivity index (χ4n) is 1.29. The molecule has 0 radical (unpaired) electrons. The summed E-state index contributed by atoms with van der Waals surface area (Å²) in [5, 5.41) is 0. The van der Waals surface area contributed by atoms with E-state index < -0.39 is 20.6 Å². The molecule has 0 saturated carbocycles. The van der Waals surface area contributed by atoms with Crippen LogP contribution in [0.5, 0.6) is 0 Å². The number of hydrogen-bond acceptors (Lipinski definition) is 3. The summed E-state index contributed by atoms with van der Waals surface area (Å²) in [4.78, 5) is 11.4. The van der Waals surface area contributed by atoms with Gasteiger partial charge in [-0.15, -0.1) is 0 Å². The number of carbonyl (C=O) groups excluding carboxylic acids is 1. The monoisotopic (exact) mass is 252 g/mol. The van der Waals surface area contributed by atoms with Crippen molar-refractivity contribution in [2.45, 2.75) is 18.6 Å². The van der Waals surface area contributed by atoms with Crippen molar-refractivity contribution >= 4 is 15.9 Å². The van der Waals surface area contributed by atoms with Gasteiger partial charge in [-0.3, -0.25) is 9.35 Å². The first-order valence-corrected chi connectivity index (χ1v) is 5.77. The van der Waals surface area contributed by atoms with Gasteiger partial charge in [0.2, 0.25) is 0 Å². The molecule has 0 bridgehead atoms. The normalized spacial score (nSPS) is 14.7. The van der Waals surface area contributed by atoms with Crippen LogP contribution in [0.1, 0.15) is 20.8 Å². The van der Waals surface area contributed by atoms with Crippen LogP contribution in [0, 0.1) is 0 Å². The van der Waals surface area contributed by atoms with Crippen molar-refractivity contribution in [2.75, 3.05) is 0 Å². The van der Waals surface area contributed by atoms with Crippen molar-refractivity contribution in [3.8, 4) is 0 Å². The number of benzene rings is 1. The smallest absolute Gasteiger partial charge is 1.00 e. The number of Topliss-reactive ketones (excluding diaryl/α,β-unsaturated/α-hetero) is 1. The molecule has 1 atom stereocenters. The van der Waals surface area contributed by atoms with Gasteiger partial charge in [0.1, 0.15) is 0 Å². The van der Waals surface area contributed by atoms with Crippen molar-refractivity contribution in [3.63, 3.8) is 0 Å². The van der Waals surface area contributed by atoms with E-state index in [-0.39, 0.29) is 36.5 Å². The van der Waals surface area contributed by atoms with Crippen LogP contribution in [0.4, 0.5) is 0 Å². The summed E-state index contributed by atoms with van der Waals surface area (Å²) in [6, 6.07) is 7.92. The zero-order valence-electron chi connectivity index (χ0n) is 10.5. The van der Waals surface area contributed by atoms with Gasteiger partial charge >= 0.3 is 29.6 Å². The van der Waals surface area contributed by atoms with Crippen LogP contribution in [0.15, 0.2) is 30.3 Å². The molecular weight excluding hydrogens is 239 g/mol. The predicted molar refractivity (Wildman–Crippen MR) is 57.1 cm³/mol. The van der Waals surface area contributed by atoms with Crippen molar-refractivity contribution in [3.05, 3.63) is 35.9 Å². The van der Waals surface area contributed by atoms with Crippen LogP contribution in [-0.2, 0) is 19.7 Å². The SMILES string of the molecule is CC(=O)C(C)(c1ccccc1)S(=O)(=O)O.[H-].[Na+]. The van der Waals surface area contributed by atoms with E-state index in [1.807, 2.05) is 0 Å². The molecule has 0 spiro atoms. The number of rotatable bonds is 3. The molecule has 4 nitrogen and oxygen atoms in total. The quantitative estimate of drug-likeness (QED) is 0.525. The molecule has 1 aromatic rings. The molecule has 0 fully saturated rings. The van der Waals surface area contributed by atoms with Gasteiger partial charge in [-0.05, 0) is 19.4 Å². The Morgan fingerprint density at radius 1 is 1.31 bits per heavy atom. The Bertz CT molecular complexity index is 474. The van der Waals surface area contributed by atoms with Gasteiger partial charge in [0.05, 0.1) is 0 Å². The Hall–Kier alpha value is -0.200. The summed E-state index contributed by atoms with van der Waals surface area (Å²) in [5.74, 6) is -0.615. The van der Waals surface area contributed by atoms with E-state index in [2.05, 4.69) is 0 Å². The third-order valence-corrected chi connectivity index (χ3v) is 4.07. The second-order valence-corrected chi connectivity index (χ2v) is 5.20. The maximum atomic E-state index is 11.4. The molecule has 16 heavy (non-hydrogen) atoms. The molecule has 6 heteroatoms. The minimum absolute atomic E-state index is 0. The molecule has 0 heterocycles. The molecule has 0 aliphatic rings. The van der Waals surface area contributed by atoms with Gasteiger partial charge < -0.3 is 1.43 Å². The average molecular weight is 252 g/mol. The first-order valence-electron chi connectivity index (χ1n) is 4.33. The third-order valence-electron chi connectivity index (χ3n) is 2.51. The van der Waals surface area contributed by atoms with Gasteiger partial charge in [0.15, 0.2) is 10.5 Å². The zero-order valence-corrected chi connectivity index (χ0v) is 12.3. The van der Waals surface area contributed by atoms with Crippen molar-refractivity contribution in [1.29, 1.82) is 0 Å². The van der Waals surface area contributed by atoms with Crippen LogP contribution >= 0.6 is 0 Å². The molecule has 1 aromatic carbocycles. The minimum atomic E-state index is -4.47. The van der Waals surface area contributed by atoms with Gasteiger partial charge in [-0.25, -0.2) is 0 Å². The summed E-state index contributed by atoms with van der Waals surface area (Å²) in [6.07, 6.45) is 0. The molecular formula is C10H13NaO4S. The molecule has 0 aromatic heterocycles. The summed E-state index contributed by atoms with van der Waals surface area (Å²) >= 11 is 0. The standard InChI is InChI=1S/C10H12O4S.Na.H/c1-8(11)10(2,15(12,13)14)9-6-4-3-5-7-9;;/h3-7H,1-2H3,(H,12,13,14);;/q;+1;-1. The van der Waals surface area contributed by atoms with Crippen LogP contribution in [0.3, 0.4) is 0 Å². The maximum Gasteiger partial charge on any atom is 1.00 e. The molecule has 84 valence electrons. The molecule has 1 rings (SSSR count). The Morgan fingerprint density at radius 3 is 2.06 bits per heavy atom.